The van der Waals surface area contributed by atoms with Crippen molar-refractivity contribution in [2.75, 3.05) is 29.9 Å². The van der Waals surface area contributed by atoms with Crippen LogP contribution in [-0.2, 0) is 0 Å². The van der Waals surface area contributed by atoms with E-state index in [0.29, 0.717) is 0 Å². The summed E-state index contributed by atoms with van der Waals surface area (Å²) in [5.41, 5.74) is 2.52. The molecule has 0 amide bonds. The molecule has 0 unspecified atom stereocenters. The highest BCUT2D eigenvalue weighted by Crippen LogP contribution is 2.17. The molecular formula is C13H22N2. The lowest BCUT2D eigenvalue weighted by Crippen LogP contribution is -2.21. The first kappa shape index (κ1) is 11.9. The molecule has 2 heteroatoms. The van der Waals surface area contributed by atoms with E-state index in [0.717, 1.165) is 26.1 Å². The average Bonchev–Trinajstić information content (AvgIpc) is 2.29. The van der Waals surface area contributed by atoms with Crippen molar-refractivity contribution >= 4 is 11.4 Å². The van der Waals surface area contributed by atoms with E-state index in [4.69, 9.17) is 0 Å². The minimum atomic E-state index is 1.05. The van der Waals surface area contributed by atoms with Crippen LogP contribution in [0, 0.1) is 0 Å². The fourth-order valence-electron chi connectivity index (χ4n) is 1.65. The van der Waals surface area contributed by atoms with E-state index in [1.807, 2.05) is 0 Å². The van der Waals surface area contributed by atoms with E-state index in [1.165, 1.54) is 11.4 Å². The summed E-state index contributed by atoms with van der Waals surface area (Å²) >= 11 is 0. The molecule has 0 atom stereocenters. The van der Waals surface area contributed by atoms with Crippen LogP contribution in [0.4, 0.5) is 11.4 Å². The molecule has 15 heavy (non-hydrogen) atoms. The molecule has 0 spiro atoms. The number of anilines is 2. The summed E-state index contributed by atoms with van der Waals surface area (Å²) in [5.74, 6) is 0. The molecule has 1 aromatic carbocycles. The maximum atomic E-state index is 3.38. The van der Waals surface area contributed by atoms with Crippen molar-refractivity contribution in [3.8, 4) is 0 Å². The monoisotopic (exact) mass is 206 g/mol. The highest BCUT2D eigenvalue weighted by atomic mass is 15.1. The number of hydrogen-bond acceptors (Lipinski definition) is 2. The fourth-order valence-corrected chi connectivity index (χ4v) is 1.65. The molecule has 1 rings (SSSR count). The number of nitrogens with one attached hydrogen (secondary N) is 1. The van der Waals surface area contributed by atoms with Gasteiger partial charge in [-0.05, 0) is 44.5 Å². The van der Waals surface area contributed by atoms with Gasteiger partial charge in [0.05, 0.1) is 0 Å². The average molecular weight is 206 g/mol. The Morgan fingerprint density at radius 1 is 1.00 bits per heavy atom. The van der Waals surface area contributed by atoms with Crippen molar-refractivity contribution in [1.29, 1.82) is 0 Å². The Hall–Kier alpha value is -1.18. The second-order valence-corrected chi connectivity index (χ2v) is 3.65. The summed E-state index contributed by atoms with van der Waals surface area (Å²) < 4.78 is 0. The lowest BCUT2D eigenvalue weighted by molar-refractivity contribution is 0.866. The first-order valence-electron chi connectivity index (χ1n) is 5.90. The first-order valence-corrected chi connectivity index (χ1v) is 5.90. The lowest BCUT2D eigenvalue weighted by atomic mass is 10.2. The zero-order valence-electron chi connectivity index (χ0n) is 10.1. The third-order valence-electron chi connectivity index (χ3n) is 2.58. The van der Waals surface area contributed by atoms with Gasteiger partial charge in [-0.25, -0.2) is 0 Å². The number of nitrogens with zero attached hydrogens (tertiary/aromatic N) is 1. The van der Waals surface area contributed by atoms with Crippen LogP contribution in [0.25, 0.3) is 0 Å². The van der Waals surface area contributed by atoms with Crippen LogP contribution >= 0.6 is 0 Å². The number of rotatable bonds is 6. The van der Waals surface area contributed by atoms with Crippen LogP contribution in [0.3, 0.4) is 0 Å². The topological polar surface area (TPSA) is 15.3 Å². The third kappa shape index (κ3) is 3.46. The molecule has 0 radical (unpaired) electrons. The number of benzene rings is 1. The summed E-state index contributed by atoms with van der Waals surface area (Å²) in [6, 6.07) is 8.68. The predicted molar refractivity (Wildman–Crippen MR) is 68.8 cm³/mol. The third-order valence-corrected chi connectivity index (χ3v) is 2.58. The Labute approximate surface area is 93.3 Å². The molecule has 0 bridgehead atoms. The van der Waals surface area contributed by atoms with Crippen molar-refractivity contribution < 1.29 is 0 Å². The molecule has 0 aliphatic rings. The summed E-state index contributed by atoms with van der Waals surface area (Å²) in [6.45, 7) is 9.73. The molecular weight excluding hydrogens is 184 g/mol. The van der Waals surface area contributed by atoms with Crippen LogP contribution in [0.15, 0.2) is 24.3 Å². The zero-order valence-corrected chi connectivity index (χ0v) is 10.1. The van der Waals surface area contributed by atoms with Crippen molar-refractivity contribution in [2.24, 2.45) is 0 Å². The van der Waals surface area contributed by atoms with E-state index < -0.39 is 0 Å². The summed E-state index contributed by atoms with van der Waals surface area (Å²) in [5, 5.41) is 3.38. The van der Waals surface area contributed by atoms with Gasteiger partial charge in [0, 0.05) is 31.0 Å². The zero-order chi connectivity index (χ0) is 11.1. The maximum absolute atomic E-state index is 3.38. The van der Waals surface area contributed by atoms with Gasteiger partial charge in [0.2, 0.25) is 0 Å². The SMILES string of the molecule is CCCNc1ccc(N(CC)CC)cc1. The Bertz CT molecular complexity index is 262. The first-order chi connectivity index (χ1) is 7.31. The van der Waals surface area contributed by atoms with Gasteiger partial charge in [-0.3, -0.25) is 0 Å². The molecule has 0 aromatic heterocycles. The fraction of sp³-hybridized carbons (Fsp3) is 0.538. The normalized spacial score (nSPS) is 10.1. The van der Waals surface area contributed by atoms with E-state index >= 15 is 0 Å². The van der Waals surface area contributed by atoms with Crippen molar-refractivity contribution in [3.63, 3.8) is 0 Å². The summed E-state index contributed by atoms with van der Waals surface area (Å²) in [6.07, 6.45) is 1.16. The van der Waals surface area contributed by atoms with Gasteiger partial charge in [0.1, 0.15) is 0 Å². The second kappa shape index (κ2) is 6.33. The maximum Gasteiger partial charge on any atom is 0.0367 e. The van der Waals surface area contributed by atoms with E-state index in [2.05, 4.69) is 55.3 Å². The van der Waals surface area contributed by atoms with E-state index in [9.17, 15) is 0 Å². The Morgan fingerprint density at radius 3 is 2.07 bits per heavy atom. The summed E-state index contributed by atoms with van der Waals surface area (Å²) in [4.78, 5) is 2.35. The van der Waals surface area contributed by atoms with Gasteiger partial charge < -0.3 is 10.2 Å². The second-order valence-electron chi connectivity index (χ2n) is 3.65. The Balaban J connectivity index is 2.62. The molecule has 0 aliphatic carbocycles. The van der Waals surface area contributed by atoms with Gasteiger partial charge in [-0.2, -0.15) is 0 Å². The highest BCUT2D eigenvalue weighted by Gasteiger charge is 2.00. The molecule has 2 nitrogen and oxygen atoms in total. The van der Waals surface area contributed by atoms with Gasteiger partial charge in [-0.1, -0.05) is 6.92 Å². The number of hydrogen-bond donors (Lipinski definition) is 1. The van der Waals surface area contributed by atoms with Crippen LogP contribution in [0.5, 0.6) is 0 Å². The van der Waals surface area contributed by atoms with Crippen LogP contribution < -0.4 is 10.2 Å². The molecule has 0 heterocycles. The summed E-state index contributed by atoms with van der Waals surface area (Å²) in [7, 11) is 0. The van der Waals surface area contributed by atoms with Crippen LogP contribution in [0.2, 0.25) is 0 Å². The molecule has 84 valence electrons. The largest absolute Gasteiger partial charge is 0.385 e. The van der Waals surface area contributed by atoms with Gasteiger partial charge in [-0.15, -0.1) is 0 Å². The quantitative estimate of drug-likeness (QED) is 0.768. The minimum absolute atomic E-state index is 1.05. The molecule has 0 saturated carbocycles. The van der Waals surface area contributed by atoms with Crippen molar-refractivity contribution in [3.05, 3.63) is 24.3 Å². The van der Waals surface area contributed by atoms with E-state index in [-0.39, 0.29) is 0 Å². The van der Waals surface area contributed by atoms with Crippen LogP contribution in [-0.4, -0.2) is 19.6 Å². The molecule has 0 aliphatic heterocycles. The van der Waals surface area contributed by atoms with Crippen molar-refractivity contribution in [1.82, 2.24) is 0 Å². The Kier molecular flexibility index (Phi) is 5.02. The Morgan fingerprint density at radius 2 is 1.60 bits per heavy atom. The molecule has 0 saturated heterocycles. The van der Waals surface area contributed by atoms with Gasteiger partial charge >= 0.3 is 0 Å². The standard InChI is InChI=1S/C13H22N2/c1-4-11-14-12-7-9-13(10-8-12)15(5-2)6-3/h7-10,14H,4-6,11H2,1-3H3. The van der Waals surface area contributed by atoms with Gasteiger partial charge in [0.15, 0.2) is 0 Å². The molecule has 0 fully saturated rings. The molecule has 1 aromatic rings. The predicted octanol–water partition coefficient (Wildman–Crippen LogP) is 3.35. The van der Waals surface area contributed by atoms with Crippen molar-refractivity contribution in [2.45, 2.75) is 27.2 Å². The minimum Gasteiger partial charge on any atom is -0.385 e. The highest BCUT2D eigenvalue weighted by molar-refractivity contribution is 5.54. The lowest BCUT2D eigenvalue weighted by Gasteiger charge is -2.21. The van der Waals surface area contributed by atoms with Gasteiger partial charge in [0.25, 0.3) is 0 Å². The smallest absolute Gasteiger partial charge is 0.0367 e. The van der Waals surface area contributed by atoms with Crippen LogP contribution in [0.1, 0.15) is 27.2 Å². The molecule has 1 N–H and O–H groups in total. The van der Waals surface area contributed by atoms with E-state index in [1.54, 1.807) is 0 Å².